The second-order valence-electron chi connectivity index (χ2n) is 5.38. The largest absolute Gasteiger partial charge is 0.396 e. The minimum absolute atomic E-state index is 0.0345. The monoisotopic (exact) mass is 262 g/mol. The molecule has 2 aliphatic heterocycles. The molecule has 1 atom stereocenters. The fourth-order valence-corrected chi connectivity index (χ4v) is 2.97. The predicted molar refractivity (Wildman–Crippen MR) is 70.9 cm³/mol. The highest BCUT2D eigenvalue weighted by atomic mass is 16.5. The van der Waals surface area contributed by atoms with Crippen molar-refractivity contribution in [3.05, 3.63) is 29.3 Å². The third kappa shape index (κ3) is 1.94. The number of anilines is 1. The van der Waals surface area contributed by atoms with Crippen LogP contribution in [0.2, 0.25) is 0 Å². The average Bonchev–Trinajstić information content (AvgIpc) is 2.72. The lowest BCUT2D eigenvalue weighted by Crippen LogP contribution is -2.53. The molecule has 5 nitrogen and oxygen atoms in total. The summed E-state index contributed by atoms with van der Waals surface area (Å²) in [6, 6.07) is 6.02. The molecule has 0 saturated carbocycles. The molecule has 0 bridgehead atoms. The molecule has 1 fully saturated rings. The van der Waals surface area contributed by atoms with Crippen LogP contribution >= 0.6 is 0 Å². The summed E-state index contributed by atoms with van der Waals surface area (Å²) in [5.74, 6) is 0.0389. The molecular weight excluding hydrogens is 244 g/mol. The van der Waals surface area contributed by atoms with E-state index < -0.39 is 0 Å². The Morgan fingerprint density at radius 3 is 2.89 bits per heavy atom. The van der Waals surface area contributed by atoms with Crippen LogP contribution < -0.4 is 10.6 Å². The van der Waals surface area contributed by atoms with Crippen molar-refractivity contribution in [3.63, 3.8) is 0 Å². The predicted octanol–water partition coefficient (Wildman–Crippen LogP) is 0.451. The summed E-state index contributed by atoms with van der Waals surface area (Å²) in [7, 11) is 1.89. The van der Waals surface area contributed by atoms with Crippen molar-refractivity contribution in [2.75, 3.05) is 32.2 Å². The number of benzene rings is 1. The van der Waals surface area contributed by atoms with Gasteiger partial charge < -0.3 is 20.5 Å². The van der Waals surface area contributed by atoms with Gasteiger partial charge in [0.05, 0.1) is 31.7 Å². The molecule has 5 heteroatoms. The van der Waals surface area contributed by atoms with E-state index in [1.807, 2.05) is 25.2 Å². The van der Waals surface area contributed by atoms with Crippen LogP contribution in [-0.2, 0) is 16.0 Å². The number of carbonyl (C=O) groups excluding carboxylic acids is 1. The van der Waals surface area contributed by atoms with Crippen LogP contribution in [0.5, 0.6) is 0 Å². The van der Waals surface area contributed by atoms with Crippen molar-refractivity contribution < 1.29 is 14.6 Å². The fourth-order valence-electron chi connectivity index (χ4n) is 2.97. The summed E-state index contributed by atoms with van der Waals surface area (Å²) < 4.78 is 5.28. The Kier molecular flexibility index (Phi) is 3.05. The SMILES string of the molecule is CNC(c1ccc2c(c1)CC(=O)N2)C1(CO)COC1. The van der Waals surface area contributed by atoms with E-state index in [1.54, 1.807) is 0 Å². The molecule has 3 N–H and O–H groups in total. The summed E-state index contributed by atoms with van der Waals surface area (Å²) in [5, 5.41) is 15.7. The molecule has 1 saturated heterocycles. The Hall–Kier alpha value is -1.43. The number of amides is 1. The second kappa shape index (κ2) is 4.59. The minimum Gasteiger partial charge on any atom is -0.396 e. The normalized spacial score (nSPS) is 21.5. The van der Waals surface area contributed by atoms with E-state index in [2.05, 4.69) is 10.6 Å². The standard InChI is InChI=1S/C14H18N2O3/c1-15-13(14(6-17)7-19-8-14)9-2-3-11-10(4-9)5-12(18)16-11/h2-4,13,15,17H,5-8H2,1H3,(H,16,18). The summed E-state index contributed by atoms with van der Waals surface area (Å²) in [6.45, 7) is 1.21. The summed E-state index contributed by atoms with van der Waals surface area (Å²) in [4.78, 5) is 11.4. The zero-order chi connectivity index (χ0) is 13.5. The summed E-state index contributed by atoms with van der Waals surface area (Å²) >= 11 is 0. The highest BCUT2D eigenvalue weighted by molar-refractivity contribution is 5.99. The van der Waals surface area contributed by atoms with Gasteiger partial charge in [-0.25, -0.2) is 0 Å². The van der Waals surface area contributed by atoms with E-state index in [1.165, 1.54) is 0 Å². The van der Waals surface area contributed by atoms with E-state index in [0.29, 0.717) is 19.6 Å². The number of carbonyl (C=O) groups is 1. The molecule has 0 radical (unpaired) electrons. The molecule has 2 aliphatic rings. The van der Waals surface area contributed by atoms with Gasteiger partial charge in [0.25, 0.3) is 0 Å². The molecule has 1 aromatic carbocycles. The third-order valence-electron chi connectivity index (χ3n) is 4.08. The van der Waals surface area contributed by atoms with E-state index >= 15 is 0 Å². The Morgan fingerprint density at radius 1 is 1.53 bits per heavy atom. The molecule has 0 aromatic heterocycles. The first-order chi connectivity index (χ1) is 9.18. The van der Waals surface area contributed by atoms with E-state index in [4.69, 9.17) is 4.74 Å². The molecule has 0 spiro atoms. The first-order valence-corrected chi connectivity index (χ1v) is 6.47. The number of aliphatic hydroxyl groups excluding tert-OH is 1. The second-order valence-corrected chi connectivity index (χ2v) is 5.38. The van der Waals surface area contributed by atoms with Crippen LogP contribution in [0.4, 0.5) is 5.69 Å². The highest BCUT2D eigenvalue weighted by Gasteiger charge is 2.45. The molecule has 3 rings (SSSR count). The molecule has 1 aromatic rings. The van der Waals surface area contributed by atoms with Crippen molar-refractivity contribution in [1.82, 2.24) is 5.32 Å². The molecule has 102 valence electrons. The topological polar surface area (TPSA) is 70.6 Å². The maximum atomic E-state index is 11.4. The summed E-state index contributed by atoms with van der Waals surface area (Å²) in [6.07, 6.45) is 0.433. The van der Waals surface area contributed by atoms with Crippen molar-refractivity contribution in [3.8, 4) is 0 Å². The summed E-state index contributed by atoms with van der Waals surface area (Å²) in [5.41, 5.74) is 2.76. The van der Waals surface area contributed by atoms with Crippen LogP contribution in [0.25, 0.3) is 0 Å². The van der Waals surface area contributed by atoms with E-state index in [0.717, 1.165) is 16.8 Å². The molecule has 19 heavy (non-hydrogen) atoms. The Bertz CT molecular complexity index is 506. The Morgan fingerprint density at radius 2 is 2.32 bits per heavy atom. The number of ether oxygens (including phenoxy) is 1. The number of fused-ring (bicyclic) bond motifs is 1. The Balaban J connectivity index is 1.92. The number of hydrogen-bond donors (Lipinski definition) is 3. The van der Waals surface area contributed by atoms with Crippen LogP contribution in [0.1, 0.15) is 17.2 Å². The van der Waals surface area contributed by atoms with Crippen LogP contribution in [0.15, 0.2) is 18.2 Å². The maximum Gasteiger partial charge on any atom is 0.228 e. The molecular formula is C14H18N2O3. The van der Waals surface area contributed by atoms with Crippen molar-refractivity contribution >= 4 is 11.6 Å². The smallest absolute Gasteiger partial charge is 0.228 e. The van der Waals surface area contributed by atoms with E-state index in [-0.39, 0.29) is 24.0 Å². The molecule has 2 heterocycles. The van der Waals surface area contributed by atoms with Gasteiger partial charge in [0.1, 0.15) is 0 Å². The number of aliphatic hydroxyl groups is 1. The van der Waals surface area contributed by atoms with Crippen molar-refractivity contribution in [2.24, 2.45) is 5.41 Å². The lowest BCUT2D eigenvalue weighted by molar-refractivity contribution is -0.155. The van der Waals surface area contributed by atoms with Gasteiger partial charge in [-0.15, -0.1) is 0 Å². The highest BCUT2D eigenvalue weighted by Crippen LogP contribution is 2.41. The average molecular weight is 262 g/mol. The lowest BCUT2D eigenvalue weighted by atomic mass is 9.75. The quantitative estimate of drug-likeness (QED) is 0.737. The van der Waals surface area contributed by atoms with Crippen molar-refractivity contribution in [1.29, 1.82) is 0 Å². The first kappa shape index (κ1) is 12.6. The van der Waals surface area contributed by atoms with Gasteiger partial charge in [0.15, 0.2) is 0 Å². The molecule has 1 unspecified atom stereocenters. The van der Waals surface area contributed by atoms with Crippen LogP contribution in [-0.4, -0.2) is 37.9 Å². The zero-order valence-corrected chi connectivity index (χ0v) is 10.9. The van der Waals surface area contributed by atoms with Gasteiger partial charge in [-0.3, -0.25) is 4.79 Å². The van der Waals surface area contributed by atoms with Crippen LogP contribution in [0.3, 0.4) is 0 Å². The van der Waals surface area contributed by atoms with Crippen LogP contribution in [0, 0.1) is 5.41 Å². The lowest BCUT2D eigenvalue weighted by Gasteiger charge is -2.46. The van der Waals surface area contributed by atoms with Gasteiger partial charge >= 0.3 is 0 Å². The number of nitrogens with one attached hydrogen (secondary N) is 2. The van der Waals surface area contributed by atoms with Gasteiger partial charge in [-0.05, 0) is 24.2 Å². The first-order valence-electron chi connectivity index (χ1n) is 6.47. The van der Waals surface area contributed by atoms with E-state index in [9.17, 15) is 9.90 Å². The molecule has 0 aliphatic carbocycles. The maximum absolute atomic E-state index is 11.4. The third-order valence-corrected chi connectivity index (χ3v) is 4.08. The number of rotatable bonds is 4. The molecule has 1 amide bonds. The van der Waals surface area contributed by atoms with Gasteiger partial charge in [0.2, 0.25) is 5.91 Å². The van der Waals surface area contributed by atoms with Gasteiger partial charge in [-0.2, -0.15) is 0 Å². The van der Waals surface area contributed by atoms with Gasteiger partial charge in [-0.1, -0.05) is 12.1 Å². The Labute approximate surface area is 112 Å². The van der Waals surface area contributed by atoms with Gasteiger partial charge in [0, 0.05) is 11.7 Å². The zero-order valence-electron chi connectivity index (χ0n) is 10.9. The minimum atomic E-state index is -0.251. The van der Waals surface area contributed by atoms with Crippen molar-refractivity contribution in [2.45, 2.75) is 12.5 Å². The number of hydrogen-bond acceptors (Lipinski definition) is 4. The fraction of sp³-hybridized carbons (Fsp3) is 0.500.